The molecule has 24 heavy (non-hydrogen) atoms. The molecule has 0 radical (unpaired) electrons. The van der Waals surface area contributed by atoms with E-state index in [1.54, 1.807) is 11.3 Å². The van der Waals surface area contributed by atoms with Gasteiger partial charge in [0.2, 0.25) is 0 Å². The van der Waals surface area contributed by atoms with Crippen LogP contribution in [0.2, 0.25) is 0 Å². The van der Waals surface area contributed by atoms with E-state index in [2.05, 4.69) is 99.9 Å². The van der Waals surface area contributed by atoms with Gasteiger partial charge in [0, 0.05) is 35.8 Å². The number of hydrogen-bond acceptors (Lipinski definition) is 2. The molecule has 1 heterocycles. The normalized spacial score (nSPS) is 22.9. The monoisotopic (exact) mass is 336 g/mol. The maximum absolute atomic E-state index is 2.77. The highest BCUT2D eigenvalue weighted by Gasteiger charge is 2.45. The van der Waals surface area contributed by atoms with Crippen molar-refractivity contribution in [1.82, 2.24) is 9.80 Å². The SMILES string of the molecule is CN1CC(C(C)(C)C)=C(C(C)(C)C)N(C(C)(C)C)C(C(C)(C)C)C1. The van der Waals surface area contributed by atoms with Gasteiger partial charge in [-0.3, -0.25) is 0 Å². The van der Waals surface area contributed by atoms with Crippen molar-refractivity contribution in [2.45, 2.75) is 94.7 Å². The Morgan fingerprint density at radius 1 is 0.750 bits per heavy atom. The van der Waals surface area contributed by atoms with Crippen molar-refractivity contribution in [2.24, 2.45) is 16.2 Å². The first kappa shape index (κ1) is 21.5. The van der Waals surface area contributed by atoms with E-state index >= 15 is 0 Å². The first-order chi connectivity index (χ1) is 10.4. The molecule has 0 fully saturated rings. The summed E-state index contributed by atoms with van der Waals surface area (Å²) < 4.78 is 0. The summed E-state index contributed by atoms with van der Waals surface area (Å²) in [6, 6.07) is 0.497. The van der Waals surface area contributed by atoms with Gasteiger partial charge in [0.25, 0.3) is 0 Å². The summed E-state index contributed by atoms with van der Waals surface area (Å²) in [6.45, 7) is 30.8. The first-order valence-electron chi connectivity index (χ1n) is 9.59. The molecule has 0 N–H and O–H groups in total. The largest absolute Gasteiger partial charge is 0.365 e. The Morgan fingerprint density at radius 2 is 1.21 bits per heavy atom. The third-order valence-corrected chi connectivity index (χ3v) is 5.09. The summed E-state index contributed by atoms with van der Waals surface area (Å²) in [4.78, 5) is 5.31. The Kier molecular flexibility index (Phi) is 5.69. The molecule has 0 aromatic heterocycles. The van der Waals surface area contributed by atoms with Crippen LogP contribution in [0.25, 0.3) is 0 Å². The summed E-state index contributed by atoms with van der Waals surface area (Å²) in [7, 11) is 2.29. The van der Waals surface area contributed by atoms with E-state index in [-0.39, 0.29) is 21.8 Å². The summed E-state index contributed by atoms with van der Waals surface area (Å²) in [5, 5.41) is 0. The van der Waals surface area contributed by atoms with Crippen molar-refractivity contribution < 1.29 is 0 Å². The summed E-state index contributed by atoms with van der Waals surface area (Å²) >= 11 is 0. The van der Waals surface area contributed by atoms with E-state index in [0.29, 0.717) is 6.04 Å². The molecule has 1 rings (SSSR count). The van der Waals surface area contributed by atoms with Gasteiger partial charge in [-0.15, -0.1) is 0 Å². The standard InChI is InChI=1S/C22H44N2/c1-19(2,3)16-14-23(13)15-17(20(4,5)6)24(22(10,11)12)18(16)21(7,8)9/h17H,14-15H2,1-13H3. The summed E-state index contributed by atoms with van der Waals surface area (Å²) in [5.41, 5.74) is 3.79. The zero-order valence-corrected chi connectivity index (χ0v) is 18.9. The van der Waals surface area contributed by atoms with E-state index in [9.17, 15) is 0 Å². The second-order valence-corrected chi connectivity index (χ2v) is 11.9. The maximum atomic E-state index is 2.77. The number of nitrogens with zero attached hydrogens (tertiary/aromatic N) is 2. The van der Waals surface area contributed by atoms with Gasteiger partial charge in [-0.2, -0.15) is 0 Å². The fraction of sp³-hybridized carbons (Fsp3) is 0.909. The Bertz CT molecular complexity index is 472. The lowest BCUT2D eigenvalue weighted by Gasteiger charge is -2.53. The van der Waals surface area contributed by atoms with Gasteiger partial charge >= 0.3 is 0 Å². The average Bonchev–Trinajstić information content (AvgIpc) is 2.42. The van der Waals surface area contributed by atoms with Gasteiger partial charge in [0.05, 0.1) is 0 Å². The number of likely N-dealkylation sites (N-methyl/N-ethyl adjacent to an activating group) is 1. The van der Waals surface area contributed by atoms with Crippen LogP contribution in [-0.2, 0) is 0 Å². The van der Waals surface area contributed by atoms with Crippen LogP contribution in [-0.4, -0.2) is 41.5 Å². The van der Waals surface area contributed by atoms with Gasteiger partial charge in [-0.25, -0.2) is 0 Å². The third kappa shape index (κ3) is 4.77. The zero-order chi connectivity index (χ0) is 19.3. The Morgan fingerprint density at radius 3 is 1.50 bits per heavy atom. The summed E-state index contributed by atoms with van der Waals surface area (Å²) in [5.74, 6) is 0. The molecule has 0 saturated carbocycles. The molecule has 0 aromatic carbocycles. The Labute approximate surface area is 152 Å². The third-order valence-electron chi connectivity index (χ3n) is 5.09. The van der Waals surface area contributed by atoms with Crippen LogP contribution < -0.4 is 0 Å². The summed E-state index contributed by atoms with van der Waals surface area (Å²) in [6.07, 6.45) is 0. The highest BCUT2D eigenvalue weighted by atomic mass is 15.3. The Balaban J connectivity index is 3.82. The van der Waals surface area contributed by atoms with Crippen LogP contribution in [0.15, 0.2) is 11.3 Å². The maximum Gasteiger partial charge on any atom is 0.0467 e. The van der Waals surface area contributed by atoms with Crippen molar-refractivity contribution in [3.63, 3.8) is 0 Å². The van der Waals surface area contributed by atoms with E-state index in [4.69, 9.17) is 0 Å². The van der Waals surface area contributed by atoms with Crippen molar-refractivity contribution in [3.05, 3.63) is 11.3 Å². The fourth-order valence-electron chi connectivity index (χ4n) is 3.96. The van der Waals surface area contributed by atoms with Gasteiger partial charge in [-0.1, -0.05) is 62.3 Å². The molecule has 142 valence electrons. The van der Waals surface area contributed by atoms with Gasteiger partial charge in [-0.05, 0) is 44.2 Å². The van der Waals surface area contributed by atoms with Crippen LogP contribution in [0.4, 0.5) is 0 Å². The quantitative estimate of drug-likeness (QED) is 0.552. The highest BCUT2D eigenvalue weighted by molar-refractivity contribution is 5.29. The molecule has 1 aliphatic rings. The van der Waals surface area contributed by atoms with Crippen molar-refractivity contribution in [2.75, 3.05) is 20.1 Å². The minimum Gasteiger partial charge on any atom is -0.365 e. The highest BCUT2D eigenvalue weighted by Crippen LogP contribution is 2.46. The lowest BCUT2D eigenvalue weighted by molar-refractivity contribution is 0.0265. The smallest absolute Gasteiger partial charge is 0.0467 e. The molecule has 0 bridgehead atoms. The lowest BCUT2D eigenvalue weighted by atomic mass is 9.75. The molecular formula is C22H44N2. The van der Waals surface area contributed by atoms with E-state index in [1.807, 2.05) is 0 Å². The molecule has 2 heteroatoms. The minimum absolute atomic E-state index is 0.0994. The molecule has 1 atom stereocenters. The van der Waals surface area contributed by atoms with Crippen molar-refractivity contribution >= 4 is 0 Å². The van der Waals surface area contributed by atoms with Gasteiger partial charge < -0.3 is 9.80 Å². The number of hydrogen-bond donors (Lipinski definition) is 0. The predicted molar refractivity (Wildman–Crippen MR) is 108 cm³/mol. The molecule has 1 unspecified atom stereocenters. The fourth-order valence-corrected chi connectivity index (χ4v) is 3.96. The van der Waals surface area contributed by atoms with Crippen LogP contribution >= 0.6 is 0 Å². The minimum atomic E-state index is 0.0994. The first-order valence-corrected chi connectivity index (χ1v) is 9.59. The molecule has 0 aliphatic carbocycles. The van der Waals surface area contributed by atoms with Crippen molar-refractivity contribution in [3.8, 4) is 0 Å². The number of rotatable bonds is 0. The van der Waals surface area contributed by atoms with Crippen LogP contribution in [0.3, 0.4) is 0 Å². The van der Waals surface area contributed by atoms with Gasteiger partial charge in [0.1, 0.15) is 0 Å². The second-order valence-electron chi connectivity index (χ2n) is 11.9. The molecule has 0 amide bonds. The molecule has 0 saturated heterocycles. The van der Waals surface area contributed by atoms with Gasteiger partial charge in [0.15, 0.2) is 0 Å². The van der Waals surface area contributed by atoms with E-state index in [0.717, 1.165) is 13.1 Å². The van der Waals surface area contributed by atoms with E-state index < -0.39 is 0 Å². The zero-order valence-electron chi connectivity index (χ0n) is 18.9. The molecule has 2 nitrogen and oxygen atoms in total. The Hall–Kier alpha value is -0.500. The molecule has 0 aromatic rings. The van der Waals surface area contributed by atoms with E-state index in [1.165, 1.54) is 0 Å². The molecule has 1 aliphatic heterocycles. The van der Waals surface area contributed by atoms with Crippen LogP contribution in [0, 0.1) is 16.2 Å². The lowest BCUT2D eigenvalue weighted by Crippen LogP contribution is -2.57. The van der Waals surface area contributed by atoms with Crippen LogP contribution in [0.1, 0.15) is 83.1 Å². The second kappa shape index (κ2) is 6.34. The topological polar surface area (TPSA) is 6.48 Å². The van der Waals surface area contributed by atoms with Crippen LogP contribution in [0.5, 0.6) is 0 Å². The predicted octanol–water partition coefficient (Wildman–Crippen LogP) is 5.79. The molecular weight excluding hydrogens is 292 g/mol. The van der Waals surface area contributed by atoms with Crippen molar-refractivity contribution in [1.29, 1.82) is 0 Å². The average molecular weight is 337 g/mol. The number of allylic oxidation sites excluding steroid dienone is 1. The molecule has 0 spiro atoms.